The molecule has 0 spiro atoms. The summed E-state index contributed by atoms with van der Waals surface area (Å²) >= 11 is 0. The van der Waals surface area contributed by atoms with Crippen molar-refractivity contribution in [1.82, 2.24) is 0 Å². The Morgan fingerprint density at radius 1 is 0.938 bits per heavy atom. The summed E-state index contributed by atoms with van der Waals surface area (Å²) in [5.41, 5.74) is 0. The zero-order valence-electron chi connectivity index (χ0n) is 11.2. The van der Waals surface area contributed by atoms with Crippen LogP contribution < -0.4 is 0 Å². The quantitative estimate of drug-likeness (QED) is 0.517. The van der Waals surface area contributed by atoms with Crippen molar-refractivity contribution in [3.05, 3.63) is 0 Å². The fourth-order valence-electron chi connectivity index (χ4n) is 2.00. The van der Waals surface area contributed by atoms with Gasteiger partial charge in [-0.1, -0.05) is 46.0 Å². The Morgan fingerprint density at radius 3 is 2.38 bits per heavy atom. The Bertz CT molecular complexity index is 114. The monoisotopic (exact) mass is 230 g/mol. The van der Waals surface area contributed by atoms with E-state index in [1.807, 2.05) is 0 Å². The molecule has 0 aromatic heterocycles. The lowest BCUT2D eigenvalue weighted by Crippen LogP contribution is -2.11. The standard InChI is InChI=1S/C14H30O2/c1-3-5-6-7-10-14(9-4-2)13-16-12-8-11-15/h14-15H,3-13H2,1-2H3. The van der Waals surface area contributed by atoms with Crippen LogP contribution in [0.5, 0.6) is 0 Å². The molecule has 0 aromatic rings. The highest BCUT2D eigenvalue weighted by molar-refractivity contribution is 4.58. The lowest BCUT2D eigenvalue weighted by Gasteiger charge is -2.16. The Kier molecular flexibility index (Phi) is 12.9. The maximum atomic E-state index is 8.66. The predicted molar refractivity (Wildman–Crippen MR) is 69.7 cm³/mol. The molecule has 0 aliphatic carbocycles. The van der Waals surface area contributed by atoms with Crippen molar-refractivity contribution in [3.63, 3.8) is 0 Å². The van der Waals surface area contributed by atoms with Crippen molar-refractivity contribution in [1.29, 1.82) is 0 Å². The van der Waals surface area contributed by atoms with E-state index in [4.69, 9.17) is 9.84 Å². The van der Waals surface area contributed by atoms with E-state index < -0.39 is 0 Å². The van der Waals surface area contributed by atoms with E-state index in [-0.39, 0.29) is 6.61 Å². The summed E-state index contributed by atoms with van der Waals surface area (Å²) in [7, 11) is 0. The predicted octanol–water partition coefficient (Wildman–Crippen LogP) is 3.77. The summed E-state index contributed by atoms with van der Waals surface area (Å²) in [4.78, 5) is 0. The number of aliphatic hydroxyl groups is 1. The van der Waals surface area contributed by atoms with Gasteiger partial charge in [-0.05, 0) is 25.2 Å². The Labute approximate surface area is 101 Å². The molecule has 2 nitrogen and oxygen atoms in total. The van der Waals surface area contributed by atoms with E-state index in [9.17, 15) is 0 Å². The highest BCUT2D eigenvalue weighted by atomic mass is 16.5. The molecular formula is C14H30O2. The highest BCUT2D eigenvalue weighted by Crippen LogP contribution is 2.16. The third kappa shape index (κ3) is 10.4. The molecule has 0 radical (unpaired) electrons. The molecule has 0 heterocycles. The zero-order chi connectivity index (χ0) is 12.1. The molecule has 0 aromatic carbocycles. The van der Waals surface area contributed by atoms with Gasteiger partial charge >= 0.3 is 0 Å². The van der Waals surface area contributed by atoms with Crippen LogP contribution in [0.4, 0.5) is 0 Å². The second-order valence-electron chi connectivity index (χ2n) is 4.66. The number of aliphatic hydroxyl groups excluding tert-OH is 1. The Hall–Kier alpha value is -0.0800. The smallest absolute Gasteiger partial charge is 0.0494 e. The number of hydrogen-bond acceptors (Lipinski definition) is 2. The summed E-state index contributed by atoms with van der Waals surface area (Å²) in [6, 6.07) is 0. The van der Waals surface area contributed by atoms with E-state index in [1.165, 1.54) is 44.9 Å². The summed E-state index contributed by atoms with van der Waals surface area (Å²) < 4.78 is 5.59. The van der Waals surface area contributed by atoms with Gasteiger partial charge in [-0.15, -0.1) is 0 Å². The SMILES string of the molecule is CCCCCCC(CCC)COCCCO. The molecule has 98 valence electrons. The van der Waals surface area contributed by atoms with Crippen LogP contribution in [0.3, 0.4) is 0 Å². The van der Waals surface area contributed by atoms with Gasteiger partial charge < -0.3 is 9.84 Å². The van der Waals surface area contributed by atoms with Crippen LogP contribution in [0.1, 0.15) is 65.2 Å². The number of hydrogen-bond donors (Lipinski definition) is 1. The maximum Gasteiger partial charge on any atom is 0.0494 e. The molecule has 2 heteroatoms. The third-order valence-electron chi connectivity index (χ3n) is 2.96. The normalized spacial score (nSPS) is 12.9. The van der Waals surface area contributed by atoms with Crippen LogP contribution in [0.25, 0.3) is 0 Å². The minimum Gasteiger partial charge on any atom is -0.396 e. The maximum absolute atomic E-state index is 8.66. The summed E-state index contributed by atoms with van der Waals surface area (Å²) in [6.07, 6.45) is 10.0. The van der Waals surface area contributed by atoms with Gasteiger partial charge in [-0.2, -0.15) is 0 Å². The Balaban J connectivity index is 3.45. The molecule has 0 fully saturated rings. The summed E-state index contributed by atoms with van der Waals surface area (Å²) in [5.74, 6) is 0.737. The first-order valence-corrected chi connectivity index (χ1v) is 7.03. The van der Waals surface area contributed by atoms with Crippen molar-refractivity contribution < 1.29 is 9.84 Å². The van der Waals surface area contributed by atoms with E-state index in [0.29, 0.717) is 6.61 Å². The molecule has 0 saturated carbocycles. The van der Waals surface area contributed by atoms with Crippen LogP contribution in [0.2, 0.25) is 0 Å². The second-order valence-corrected chi connectivity index (χ2v) is 4.66. The van der Waals surface area contributed by atoms with E-state index >= 15 is 0 Å². The van der Waals surface area contributed by atoms with Crippen LogP contribution in [0, 0.1) is 5.92 Å². The first kappa shape index (κ1) is 15.9. The molecule has 0 saturated heterocycles. The first-order valence-electron chi connectivity index (χ1n) is 7.03. The van der Waals surface area contributed by atoms with Gasteiger partial charge in [0.05, 0.1) is 0 Å². The van der Waals surface area contributed by atoms with Gasteiger partial charge in [-0.3, -0.25) is 0 Å². The number of unbranched alkanes of at least 4 members (excludes halogenated alkanes) is 3. The van der Waals surface area contributed by atoms with Crippen LogP contribution in [-0.4, -0.2) is 24.9 Å². The first-order chi connectivity index (χ1) is 7.85. The van der Waals surface area contributed by atoms with Gasteiger partial charge in [0.1, 0.15) is 0 Å². The molecule has 16 heavy (non-hydrogen) atoms. The number of rotatable bonds is 12. The van der Waals surface area contributed by atoms with Gasteiger partial charge in [0.15, 0.2) is 0 Å². The highest BCUT2D eigenvalue weighted by Gasteiger charge is 2.07. The van der Waals surface area contributed by atoms with Crippen LogP contribution in [-0.2, 0) is 4.74 Å². The molecule has 0 bridgehead atoms. The molecule has 0 aliphatic heterocycles. The molecule has 1 unspecified atom stereocenters. The summed E-state index contributed by atoms with van der Waals surface area (Å²) in [6.45, 7) is 6.34. The molecule has 0 rings (SSSR count). The topological polar surface area (TPSA) is 29.5 Å². The Morgan fingerprint density at radius 2 is 1.75 bits per heavy atom. The van der Waals surface area contributed by atoms with E-state index in [2.05, 4.69) is 13.8 Å². The van der Waals surface area contributed by atoms with Gasteiger partial charge in [-0.25, -0.2) is 0 Å². The second kappa shape index (κ2) is 13.0. The zero-order valence-corrected chi connectivity index (χ0v) is 11.2. The van der Waals surface area contributed by atoms with Crippen molar-refractivity contribution in [2.45, 2.75) is 65.2 Å². The van der Waals surface area contributed by atoms with E-state index in [0.717, 1.165) is 18.9 Å². The lowest BCUT2D eigenvalue weighted by molar-refractivity contribution is 0.0801. The van der Waals surface area contributed by atoms with Gasteiger partial charge in [0, 0.05) is 19.8 Å². The largest absolute Gasteiger partial charge is 0.396 e. The fourth-order valence-corrected chi connectivity index (χ4v) is 2.00. The fraction of sp³-hybridized carbons (Fsp3) is 1.00. The van der Waals surface area contributed by atoms with Crippen molar-refractivity contribution >= 4 is 0 Å². The minimum atomic E-state index is 0.245. The summed E-state index contributed by atoms with van der Waals surface area (Å²) in [5, 5.41) is 8.66. The van der Waals surface area contributed by atoms with E-state index in [1.54, 1.807) is 0 Å². The molecule has 1 atom stereocenters. The minimum absolute atomic E-state index is 0.245. The lowest BCUT2D eigenvalue weighted by atomic mass is 9.97. The molecular weight excluding hydrogens is 200 g/mol. The van der Waals surface area contributed by atoms with Gasteiger partial charge in [0.25, 0.3) is 0 Å². The average molecular weight is 230 g/mol. The van der Waals surface area contributed by atoms with Crippen molar-refractivity contribution in [2.75, 3.05) is 19.8 Å². The molecule has 0 aliphatic rings. The van der Waals surface area contributed by atoms with Crippen molar-refractivity contribution in [2.24, 2.45) is 5.92 Å². The van der Waals surface area contributed by atoms with Gasteiger partial charge in [0.2, 0.25) is 0 Å². The van der Waals surface area contributed by atoms with Crippen molar-refractivity contribution in [3.8, 4) is 0 Å². The number of ether oxygens (including phenoxy) is 1. The molecule has 1 N–H and O–H groups in total. The third-order valence-corrected chi connectivity index (χ3v) is 2.96. The molecule has 0 amide bonds. The van der Waals surface area contributed by atoms with Crippen LogP contribution in [0.15, 0.2) is 0 Å². The average Bonchev–Trinajstić information content (AvgIpc) is 2.30. The van der Waals surface area contributed by atoms with Crippen LogP contribution >= 0.6 is 0 Å².